The Morgan fingerprint density at radius 2 is 1.38 bits per heavy atom. The lowest BCUT2D eigenvalue weighted by atomic mass is 10.1. The van der Waals surface area contributed by atoms with Crippen molar-refractivity contribution in [3.05, 3.63) is 102 Å². The molecule has 0 bridgehead atoms. The zero-order valence-corrected chi connectivity index (χ0v) is 14.5. The van der Waals surface area contributed by atoms with Gasteiger partial charge in [0.1, 0.15) is 0 Å². The number of rotatable bonds is 6. The smallest absolute Gasteiger partial charge is 0.253 e. The highest BCUT2D eigenvalue weighted by Gasteiger charge is 2.22. The van der Waals surface area contributed by atoms with Crippen molar-refractivity contribution in [2.45, 2.75) is 13.1 Å². The average molecular weight is 344 g/mol. The van der Waals surface area contributed by atoms with E-state index in [0.717, 1.165) is 11.3 Å². The summed E-state index contributed by atoms with van der Waals surface area (Å²) in [5.74, 6) is -0.503. The Morgan fingerprint density at radius 3 is 2.00 bits per heavy atom. The molecule has 130 valence electrons. The van der Waals surface area contributed by atoms with Crippen LogP contribution in [0, 0.1) is 6.92 Å². The molecule has 0 aliphatic heterocycles. The highest BCUT2D eigenvalue weighted by atomic mass is 16.2. The third-order valence-corrected chi connectivity index (χ3v) is 3.96. The predicted molar refractivity (Wildman–Crippen MR) is 103 cm³/mol. The van der Waals surface area contributed by atoms with Crippen LogP contribution in [0.3, 0.4) is 0 Å². The Labute approximate surface area is 152 Å². The lowest BCUT2D eigenvalue weighted by Crippen LogP contribution is -2.46. The normalized spacial score (nSPS) is 11.4. The number of benzene rings is 3. The van der Waals surface area contributed by atoms with E-state index in [2.05, 4.69) is 10.6 Å². The van der Waals surface area contributed by atoms with Gasteiger partial charge in [-0.15, -0.1) is 0 Å². The minimum absolute atomic E-state index is 0.198. The molecule has 4 nitrogen and oxygen atoms in total. The fraction of sp³-hybridized carbons (Fsp3) is 0.0909. The molecule has 3 rings (SSSR count). The van der Waals surface area contributed by atoms with Gasteiger partial charge in [-0.2, -0.15) is 0 Å². The van der Waals surface area contributed by atoms with E-state index in [1.807, 2.05) is 43.3 Å². The molecule has 0 heterocycles. The van der Waals surface area contributed by atoms with Crippen LogP contribution in [0.25, 0.3) is 0 Å². The van der Waals surface area contributed by atoms with E-state index in [4.69, 9.17) is 0 Å². The lowest BCUT2D eigenvalue weighted by molar-refractivity contribution is 0.0869. The predicted octanol–water partition coefficient (Wildman–Crippen LogP) is 4.05. The largest absolute Gasteiger partial charge is 0.359 e. The van der Waals surface area contributed by atoms with Crippen LogP contribution in [0.1, 0.15) is 26.3 Å². The molecule has 2 N–H and O–H groups in total. The summed E-state index contributed by atoms with van der Waals surface area (Å²) in [5, 5.41) is 5.94. The van der Waals surface area contributed by atoms with Gasteiger partial charge in [0, 0.05) is 16.8 Å². The Kier molecular flexibility index (Phi) is 5.44. The molecular formula is C22H20N2O2. The van der Waals surface area contributed by atoms with E-state index in [-0.39, 0.29) is 11.7 Å². The fourth-order valence-electron chi connectivity index (χ4n) is 2.64. The minimum atomic E-state index is -0.869. The summed E-state index contributed by atoms with van der Waals surface area (Å²) in [6.45, 7) is 1.97. The van der Waals surface area contributed by atoms with Crippen molar-refractivity contribution in [2.24, 2.45) is 0 Å². The Bertz CT molecular complexity index is 892. The number of nitrogens with one attached hydrogen (secondary N) is 2. The van der Waals surface area contributed by atoms with Crippen molar-refractivity contribution in [1.82, 2.24) is 5.32 Å². The maximum Gasteiger partial charge on any atom is 0.253 e. The van der Waals surface area contributed by atoms with Gasteiger partial charge in [0.15, 0.2) is 6.17 Å². The maximum atomic E-state index is 12.9. The summed E-state index contributed by atoms with van der Waals surface area (Å²) in [7, 11) is 0. The Balaban J connectivity index is 1.85. The van der Waals surface area contributed by atoms with E-state index in [1.165, 1.54) is 0 Å². The molecule has 0 saturated heterocycles. The summed E-state index contributed by atoms with van der Waals surface area (Å²) in [4.78, 5) is 25.5. The summed E-state index contributed by atoms with van der Waals surface area (Å²) in [6.07, 6.45) is -0.869. The van der Waals surface area contributed by atoms with Crippen LogP contribution in [-0.4, -0.2) is 17.9 Å². The highest BCUT2D eigenvalue weighted by molar-refractivity contribution is 6.05. The number of aryl methyl sites for hydroxylation is 1. The van der Waals surface area contributed by atoms with Crippen molar-refractivity contribution in [1.29, 1.82) is 0 Å². The van der Waals surface area contributed by atoms with Gasteiger partial charge in [-0.1, -0.05) is 60.7 Å². The number of anilines is 1. The second-order valence-corrected chi connectivity index (χ2v) is 6.02. The van der Waals surface area contributed by atoms with Gasteiger partial charge in [-0.25, -0.2) is 0 Å². The molecule has 0 aromatic heterocycles. The van der Waals surface area contributed by atoms with E-state index >= 15 is 0 Å². The molecule has 0 saturated carbocycles. The van der Waals surface area contributed by atoms with Gasteiger partial charge in [0.25, 0.3) is 5.91 Å². The molecule has 26 heavy (non-hydrogen) atoms. The van der Waals surface area contributed by atoms with Gasteiger partial charge < -0.3 is 10.6 Å². The summed E-state index contributed by atoms with van der Waals surface area (Å²) in [5.41, 5.74) is 2.87. The van der Waals surface area contributed by atoms with E-state index in [0.29, 0.717) is 11.1 Å². The topological polar surface area (TPSA) is 58.2 Å². The molecule has 1 atom stereocenters. The molecule has 1 amide bonds. The van der Waals surface area contributed by atoms with Crippen LogP contribution in [0.4, 0.5) is 5.69 Å². The van der Waals surface area contributed by atoms with Crippen LogP contribution in [-0.2, 0) is 0 Å². The number of amides is 1. The van der Waals surface area contributed by atoms with Crippen molar-refractivity contribution in [3.8, 4) is 0 Å². The second-order valence-electron chi connectivity index (χ2n) is 6.02. The summed E-state index contributed by atoms with van der Waals surface area (Å²) >= 11 is 0. The molecule has 0 radical (unpaired) electrons. The molecular weight excluding hydrogens is 324 g/mol. The van der Waals surface area contributed by atoms with Crippen LogP contribution in [0.2, 0.25) is 0 Å². The van der Waals surface area contributed by atoms with Crippen molar-refractivity contribution < 1.29 is 9.59 Å². The molecule has 0 spiro atoms. The first-order chi connectivity index (χ1) is 12.6. The minimum Gasteiger partial charge on any atom is -0.359 e. The van der Waals surface area contributed by atoms with Gasteiger partial charge in [-0.05, 0) is 36.8 Å². The van der Waals surface area contributed by atoms with E-state index < -0.39 is 6.17 Å². The Hall–Kier alpha value is -3.40. The van der Waals surface area contributed by atoms with Crippen molar-refractivity contribution in [2.75, 3.05) is 5.32 Å². The standard InChI is InChI=1S/C22H20N2O2/c1-16-9-8-14-19(15-16)23-21(20(25)17-10-4-2-5-11-17)24-22(26)18-12-6-3-7-13-18/h2-15,21,23H,1H3,(H,24,26)/t21-/m0/s1. The Morgan fingerprint density at radius 1 is 0.769 bits per heavy atom. The molecule has 0 fully saturated rings. The van der Waals surface area contributed by atoms with Gasteiger partial charge in [0.2, 0.25) is 5.78 Å². The summed E-state index contributed by atoms with van der Waals surface area (Å²) < 4.78 is 0. The second kappa shape index (κ2) is 8.12. The molecule has 0 unspecified atom stereocenters. The van der Waals surface area contributed by atoms with Crippen LogP contribution >= 0.6 is 0 Å². The van der Waals surface area contributed by atoms with Crippen LogP contribution in [0.5, 0.6) is 0 Å². The first-order valence-electron chi connectivity index (χ1n) is 8.42. The van der Waals surface area contributed by atoms with Crippen LogP contribution in [0.15, 0.2) is 84.9 Å². The molecule has 3 aromatic carbocycles. The zero-order valence-electron chi connectivity index (χ0n) is 14.5. The fourth-order valence-corrected chi connectivity index (χ4v) is 2.64. The number of carbonyl (C=O) groups excluding carboxylic acids is 2. The van der Waals surface area contributed by atoms with Gasteiger partial charge >= 0.3 is 0 Å². The SMILES string of the molecule is Cc1cccc(N[C@@H](NC(=O)c2ccccc2)C(=O)c2ccccc2)c1. The number of hydrogen-bond acceptors (Lipinski definition) is 3. The van der Waals surface area contributed by atoms with Crippen LogP contribution < -0.4 is 10.6 Å². The first kappa shape index (κ1) is 17.4. The maximum absolute atomic E-state index is 12.9. The first-order valence-corrected chi connectivity index (χ1v) is 8.42. The van der Waals surface area contributed by atoms with Crippen molar-refractivity contribution in [3.63, 3.8) is 0 Å². The third kappa shape index (κ3) is 4.36. The number of hydrogen-bond donors (Lipinski definition) is 2. The lowest BCUT2D eigenvalue weighted by Gasteiger charge is -2.21. The molecule has 3 aromatic rings. The van der Waals surface area contributed by atoms with Crippen molar-refractivity contribution >= 4 is 17.4 Å². The number of ketones is 1. The van der Waals surface area contributed by atoms with E-state index in [1.54, 1.807) is 48.5 Å². The number of Topliss-reactive ketones (excluding diaryl/α,β-unsaturated/α-hetero) is 1. The summed E-state index contributed by atoms with van der Waals surface area (Å²) in [6, 6.07) is 25.5. The van der Waals surface area contributed by atoms with E-state index in [9.17, 15) is 9.59 Å². The van der Waals surface area contributed by atoms with Gasteiger partial charge in [0.05, 0.1) is 0 Å². The molecule has 0 aliphatic rings. The monoisotopic (exact) mass is 344 g/mol. The zero-order chi connectivity index (χ0) is 18.4. The highest BCUT2D eigenvalue weighted by Crippen LogP contribution is 2.13. The average Bonchev–Trinajstić information content (AvgIpc) is 2.68. The number of carbonyl (C=O) groups is 2. The van der Waals surface area contributed by atoms with Gasteiger partial charge in [-0.3, -0.25) is 9.59 Å². The molecule has 4 heteroatoms. The third-order valence-electron chi connectivity index (χ3n) is 3.96. The quantitative estimate of drug-likeness (QED) is 0.524. The molecule has 0 aliphatic carbocycles.